The SMILES string of the molecule is CC(C)(C)NC(=O)N1CCc2c(-c3cccc(C(F)(F)F)c3)ccc(C(=O)O)c2C1. The van der Waals surface area contributed by atoms with Gasteiger partial charge in [0.05, 0.1) is 11.1 Å². The van der Waals surface area contributed by atoms with Gasteiger partial charge in [0.2, 0.25) is 0 Å². The molecule has 2 amide bonds. The van der Waals surface area contributed by atoms with Gasteiger partial charge in [0, 0.05) is 18.6 Å². The number of benzene rings is 2. The van der Waals surface area contributed by atoms with Crippen LogP contribution < -0.4 is 5.32 Å². The molecule has 0 radical (unpaired) electrons. The van der Waals surface area contributed by atoms with Crippen LogP contribution >= 0.6 is 0 Å². The first-order valence-electron chi connectivity index (χ1n) is 9.49. The van der Waals surface area contributed by atoms with E-state index in [9.17, 15) is 27.9 Å². The summed E-state index contributed by atoms with van der Waals surface area (Å²) in [5, 5.41) is 12.4. The highest BCUT2D eigenvalue weighted by atomic mass is 19.4. The van der Waals surface area contributed by atoms with Gasteiger partial charge < -0.3 is 15.3 Å². The highest BCUT2D eigenvalue weighted by molar-refractivity contribution is 5.92. The third kappa shape index (κ3) is 4.58. The summed E-state index contributed by atoms with van der Waals surface area (Å²) in [6.07, 6.45) is -4.13. The zero-order valence-electron chi connectivity index (χ0n) is 16.9. The Balaban J connectivity index is 2.04. The first-order chi connectivity index (χ1) is 13.9. The van der Waals surface area contributed by atoms with E-state index in [-0.39, 0.29) is 18.1 Å². The van der Waals surface area contributed by atoms with Gasteiger partial charge in [0.15, 0.2) is 0 Å². The number of carboxylic acid groups (broad SMARTS) is 1. The van der Waals surface area contributed by atoms with Gasteiger partial charge in [0.25, 0.3) is 0 Å². The van der Waals surface area contributed by atoms with Crippen LogP contribution in [0.2, 0.25) is 0 Å². The molecule has 1 aliphatic rings. The quantitative estimate of drug-likeness (QED) is 0.723. The van der Waals surface area contributed by atoms with E-state index in [1.54, 1.807) is 12.1 Å². The second kappa shape index (κ2) is 7.66. The fourth-order valence-electron chi connectivity index (χ4n) is 3.58. The van der Waals surface area contributed by atoms with Crippen molar-refractivity contribution in [2.75, 3.05) is 6.54 Å². The molecule has 160 valence electrons. The number of amides is 2. The van der Waals surface area contributed by atoms with Crippen molar-refractivity contribution >= 4 is 12.0 Å². The number of aromatic carboxylic acids is 1. The molecule has 0 aliphatic carbocycles. The van der Waals surface area contributed by atoms with E-state index in [0.717, 1.165) is 12.1 Å². The average Bonchev–Trinajstić information content (AvgIpc) is 2.64. The summed E-state index contributed by atoms with van der Waals surface area (Å²) in [4.78, 5) is 25.8. The number of fused-ring (bicyclic) bond motifs is 1. The number of halogens is 3. The molecule has 0 atom stereocenters. The number of carbonyl (C=O) groups is 2. The van der Waals surface area contributed by atoms with Crippen LogP contribution in [-0.2, 0) is 19.1 Å². The van der Waals surface area contributed by atoms with E-state index < -0.39 is 23.2 Å². The van der Waals surface area contributed by atoms with Gasteiger partial charge in [-0.15, -0.1) is 0 Å². The van der Waals surface area contributed by atoms with Crippen molar-refractivity contribution in [2.45, 2.75) is 45.5 Å². The zero-order chi connectivity index (χ0) is 22.3. The maximum Gasteiger partial charge on any atom is 0.416 e. The van der Waals surface area contributed by atoms with E-state index in [0.29, 0.717) is 35.2 Å². The molecule has 2 N–H and O–H groups in total. The van der Waals surface area contributed by atoms with Crippen molar-refractivity contribution < 1.29 is 27.9 Å². The lowest BCUT2D eigenvalue weighted by Crippen LogP contribution is -2.50. The van der Waals surface area contributed by atoms with Crippen LogP contribution in [0.3, 0.4) is 0 Å². The van der Waals surface area contributed by atoms with Gasteiger partial charge >= 0.3 is 18.2 Å². The van der Waals surface area contributed by atoms with E-state index in [2.05, 4.69) is 5.32 Å². The molecule has 30 heavy (non-hydrogen) atoms. The first-order valence-corrected chi connectivity index (χ1v) is 9.49. The zero-order valence-corrected chi connectivity index (χ0v) is 16.9. The van der Waals surface area contributed by atoms with Crippen LogP contribution in [0.4, 0.5) is 18.0 Å². The largest absolute Gasteiger partial charge is 0.478 e. The van der Waals surface area contributed by atoms with E-state index in [4.69, 9.17) is 0 Å². The standard InChI is InChI=1S/C22H23F3N2O3/c1-21(2,3)26-20(30)27-10-9-16-15(7-8-17(19(28)29)18(16)12-27)13-5-4-6-14(11-13)22(23,24)25/h4-8,11H,9-10,12H2,1-3H3,(H,26,30)(H,28,29). The lowest BCUT2D eigenvalue weighted by Gasteiger charge is -2.33. The number of hydrogen-bond acceptors (Lipinski definition) is 2. The van der Waals surface area contributed by atoms with Crippen LogP contribution in [-0.4, -0.2) is 34.1 Å². The Morgan fingerprint density at radius 3 is 2.37 bits per heavy atom. The third-order valence-corrected chi connectivity index (χ3v) is 4.91. The summed E-state index contributed by atoms with van der Waals surface area (Å²) in [6.45, 7) is 5.95. The molecule has 0 spiro atoms. The number of nitrogens with one attached hydrogen (secondary N) is 1. The third-order valence-electron chi connectivity index (χ3n) is 4.91. The Kier molecular flexibility index (Phi) is 5.54. The van der Waals surface area contributed by atoms with E-state index in [1.807, 2.05) is 20.8 Å². The monoisotopic (exact) mass is 420 g/mol. The number of hydrogen-bond donors (Lipinski definition) is 2. The van der Waals surface area contributed by atoms with Gasteiger partial charge in [0.1, 0.15) is 0 Å². The molecule has 3 rings (SSSR count). The fraction of sp³-hybridized carbons (Fsp3) is 0.364. The molecule has 0 fully saturated rings. The van der Waals surface area contributed by atoms with Crippen molar-refractivity contribution in [2.24, 2.45) is 0 Å². The van der Waals surface area contributed by atoms with Crippen molar-refractivity contribution in [3.05, 3.63) is 58.7 Å². The molecule has 0 aromatic heterocycles. The van der Waals surface area contributed by atoms with Crippen LogP contribution in [0.15, 0.2) is 36.4 Å². The average molecular weight is 420 g/mol. The summed E-state index contributed by atoms with van der Waals surface area (Å²) in [5.41, 5.74) is 0.865. The molecule has 0 bridgehead atoms. The summed E-state index contributed by atoms with van der Waals surface area (Å²) in [5.74, 6) is -1.14. The molecular formula is C22H23F3N2O3. The highest BCUT2D eigenvalue weighted by Crippen LogP contribution is 2.36. The van der Waals surface area contributed by atoms with Gasteiger partial charge in [-0.3, -0.25) is 0 Å². The normalized spacial score (nSPS) is 14.3. The van der Waals surface area contributed by atoms with Gasteiger partial charge in [-0.05, 0) is 67.6 Å². The fourth-order valence-corrected chi connectivity index (χ4v) is 3.58. The van der Waals surface area contributed by atoms with Crippen molar-refractivity contribution in [3.8, 4) is 11.1 Å². The number of carboxylic acids is 1. The molecule has 5 nitrogen and oxygen atoms in total. The predicted molar refractivity (Wildman–Crippen MR) is 106 cm³/mol. The molecule has 0 saturated carbocycles. The predicted octanol–water partition coefficient (Wildman–Crippen LogP) is 4.94. The lowest BCUT2D eigenvalue weighted by atomic mass is 9.87. The number of carbonyl (C=O) groups excluding carboxylic acids is 1. The molecule has 0 saturated heterocycles. The van der Waals surface area contributed by atoms with Crippen LogP contribution in [0.5, 0.6) is 0 Å². The Bertz CT molecular complexity index is 994. The minimum atomic E-state index is -4.47. The van der Waals surface area contributed by atoms with E-state index in [1.165, 1.54) is 17.0 Å². The minimum absolute atomic E-state index is 0.0500. The molecule has 8 heteroatoms. The summed E-state index contributed by atoms with van der Waals surface area (Å²) < 4.78 is 39.4. The molecular weight excluding hydrogens is 397 g/mol. The summed E-state index contributed by atoms with van der Waals surface area (Å²) in [6, 6.07) is 7.60. The molecule has 1 aliphatic heterocycles. The number of alkyl halides is 3. The summed E-state index contributed by atoms with van der Waals surface area (Å²) >= 11 is 0. The van der Waals surface area contributed by atoms with Crippen LogP contribution in [0.1, 0.15) is 47.8 Å². The highest BCUT2D eigenvalue weighted by Gasteiger charge is 2.32. The summed E-state index contributed by atoms with van der Waals surface area (Å²) in [7, 11) is 0. The molecule has 2 aromatic carbocycles. The number of urea groups is 1. The second-order valence-corrected chi connectivity index (χ2v) is 8.35. The van der Waals surface area contributed by atoms with Crippen molar-refractivity contribution in [3.63, 3.8) is 0 Å². The van der Waals surface area contributed by atoms with Gasteiger partial charge in [-0.1, -0.05) is 18.2 Å². The Hall–Kier alpha value is -3.03. The molecule has 1 heterocycles. The second-order valence-electron chi connectivity index (χ2n) is 8.35. The first kappa shape index (κ1) is 21.7. The van der Waals surface area contributed by atoms with Gasteiger partial charge in [-0.25, -0.2) is 9.59 Å². The number of rotatable bonds is 2. The van der Waals surface area contributed by atoms with Crippen LogP contribution in [0, 0.1) is 0 Å². The Labute approximate surface area is 172 Å². The Morgan fingerprint density at radius 2 is 1.77 bits per heavy atom. The van der Waals surface area contributed by atoms with Crippen molar-refractivity contribution in [1.82, 2.24) is 10.2 Å². The number of nitrogens with zero attached hydrogens (tertiary/aromatic N) is 1. The lowest BCUT2D eigenvalue weighted by molar-refractivity contribution is -0.137. The topological polar surface area (TPSA) is 69.6 Å². The van der Waals surface area contributed by atoms with Gasteiger partial charge in [-0.2, -0.15) is 13.2 Å². The van der Waals surface area contributed by atoms with E-state index >= 15 is 0 Å². The molecule has 0 unspecified atom stereocenters. The van der Waals surface area contributed by atoms with Crippen LogP contribution in [0.25, 0.3) is 11.1 Å². The molecule has 2 aromatic rings. The minimum Gasteiger partial charge on any atom is -0.478 e. The Morgan fingerprint density at radius 1 is 1.07 bits per heavy atom. The maximum atomic E-state index is 13.1. The van der Waals surface area contributed by atoms with Crippen molar-refractivity contribution in [1.29, 1.82) is 0 Å². The maximum absolute atomic E-state index is 13.1. The smallest absolute Gasteiger partial charge is 0.416 e.